The Labute approximate surface area is 536 Å². The molecule has 0 spiro atoms. The van der Waals surface area contributed by atoms with Gasteiger partial charge in [-0.1, -0.05) is 65.2 Å². The van der Waals surface area contributed by atoms with E-state index < -0.39 is 37.2 Å². The number of aliphatic hydroxyl groups is 1. The maximum Gasteiger partial charge on any atom is 0.246 e. The third-order valence-corrected chi connectivity index (χ3v) is 15.4. The van der Waals surface area contributed by atoms with E-state index in [1.165, 1.54) is 0 Å². The molecule has 0 saturated carbocycles. The van der Waals surface area contributed by atoms with Crippen LogP contribution in [-0.2, 0) is 94.7 Å². The topological polar surface area (TPSA) is 355 Å². The first-order chi connectivity index (χ1) is 43.7. The molecule has 4 unspecified atom stereocenters. The molecule has 0 aliphatic carbocycles. The Morgan fingerprint density at radius 3 is 1.13 bits per heavy atom. The molecule has 0 aliphatic rings. The Bertz CT molecular complexity index is 1780. The number of carbonyl (C=O) groups excluding carboxylic acids is 6. The predicted molar refractivity (Wildman–Crippen MR) is 336 cm³/mol. The average molecular weight is 1320 g/mol. The van der Waals surface area contributed by atoms with E-state index in [1.807, 2.05) is 0 Å². The van der Waals surface area contributed by atoms with Gasteiger partial charge in [-0.2, -0.15) is 0 Å². The highest BCUT2D eigenvalue weighted by Gasteiger charge is 2.27. The number of rotatable bonds is 69. The van der Waals surface area contributed by atoms with Crippen molar-refractivity contribution in [2.45, 2.75) is 154 Å². The molecule has 0 bridgehead atoms. The van der Waals surface area contributed by atoms with Crippen LogP contribution in [-0.4, -0.2) is 258 Å². The Morgan fingerprint density at radius 2 is 0.722 bits per heavy atom. The van der Waals surface area contributed by atoms with E-state index in [9.17, 15) is 43.3 Å². The first kappa shape index (κ1) is 86.5. The van der Waals surface area contributed by atoms with E-state index in [0.717, 1.165) is 70.6 Å². The van der Waals surface area contributed by atoms with Crippen LogP contribution in [0.2, 0.25) is 0 Å². The highest BCUT2D eigenvalue weighted by atomic mass is 31.2. The number of nitrogens with one attached hydrogen (secondary N) is 6. The molecule has 7 N–H and O–H groups in total. The molecular formula is C61H118N6O22P-. The summed E-state index contributed by atoms with van der Waals surface area (Å²) >= 11 is 0. The summed E-state index contributed by atoms with van der Waals surface area (Å²) < 4.78 is 80.7. The fourth-order valence-corrected chi connectivity index (χ4v) is 8.95. The van der Waals surface area contributed by atoms with Crippen LogP contribution in [0.15, 0.2) is 0 Å². The number of ether oxygens (including phenoxy) is 12. The SMILES string of the molecule is COCCOCCOCCOCC(=O)NCCCCC(NC(=O)COCCOCCOCCOC)C(=O)NC(CCCCNC(=O)COCCOCCOCCOC)C(=O)NCCCCCCCCCCCC(=O)NCCCCC(CO)COP(=O)([O-])C(C)C. The molecule has 0 heterocycles. The molecule has 90 heavy (non-hydrogen) atoms. The molecule has 0 fully saturated rings. The van der Waals surface area contributed by atoms with Crippen molar-refractivity contribution in [3.05, 3.63) is 0 Å². The lowest BCUT2D eigenvalue weighted by molar-refractivity contribution is -0.202. The van der Waals surface area contributed by atoms with Crippen LogP contribution in [0, 0.1) is 5.92 Å². The summed E-state index contributed by atoms with van der Waals surface area (Å²) in [7, 11) is 0.852. The van der Waals surface area contributed by atoms with Gasteiger partial charge in [0.2, 0.25) is 35.4 Å². The molecule has 4 atom stereocenters. The maximum atomic E-state index is 14.1. The van der Waals surface area contributed by atoms with E-state index >= 15 is 0 Å². The zero-order chi connectivity index (χ0) is 66.2. The van der Waals surface area contributed by atoms with E-state index in [1.54, 1.807) is 35.2 Å². The summed E-state index contributed by atoms with van der Waals surface area (Å²) in [5.41, 5.74) is -0.618. The summed E-state index contributed by atoms with van der Waals surface area (Å²) in [6, 6.07) is -1.98. The molecule has 0 aliphatic heterocycles. The van der Waals surface area contributed by atoms with Crippen LogP contribution in [0.1, 0.15) is 136 Å². The minimum atomic E-state index is -3.93. The van der Waals surface area contributed by atoms with Gasteiger partial charge < -0.3 is 108 Å². The number of carbonyl (C=O) groups is 6. The molecule has 0 radical (unpaired) electrons. The predicted octanol–water partition coefficient (Wildman–Crippen LogP) is 2.51. The molecule has 0 aromatic rings. The average Bonchev–Trinajstić information content (AvgIpc) is 2.56. The summed E-state index contributed by atoms with van der Waals surface area (Å²) in [6.07, 6.45) is 13.4. The number of hydrogen-bond acceptors (Lipinski definition) is 22. The van der Waals surface area contributed by atoms with Gasteiger partial charge in [-0.05, 0) is 64.2 Å². The lowest BCUT2D eigenvalue weighted by Gasteiger charge is -2.28. The Kier molecular flexibility index (Phi) is 61.6. The van der Waals surface area contributed by atoms with Crippen molar-refractivity contribution in [2.24, 2.45) is 5.92 Å². The van der Waals surface area contributed by atoms with Crippen LogP contribution in [0.25, 0.3) is 0 Å². The second kappa shape index (κ2) is 64.2. The molecule has 29 heteroatoms. The molecule has 0 rings (SSSR count). The quantitative estimate of drug-likeness (QED) is 0.0340. The highest BCUT2D eigenvalue weighted by Crippen LogP contribution is 2.42. The van der Waals surface area contributed by atoms with Gasteiger partial charge in [0, 0.05) is 72.1 Å². The van der Waals surface area contributed by atoms with Gasteiger partial charge in [-0.25, -0.2) is 0 Å². The number of hydrogen-bond donors (Lipinski definition) is 7. The van der Waals surface area contributed by atoms with Crippen molar-refractivity contribution in [3.63, 3.8) is 0 Å². The van der Waals surface area contributed by atoms with E-state index in [-0.39, 0.29) is 102 Å². The minimum Gasteiger partial charge on any atom is -0.778 e. The van der Waals surface area contributed by atoms with Crippen LogP contribution in [0.5, 0.6) is 0 Å². The van der Waals surface area contributed by atoms with Crippen molar-refractivity contribution >= 4 is 43.0 Å². The summed E-state index contributed by atoms with van der Waals surface area (Å²) in [5, 5.41) is 26.8. The monoisotopic (exact) mass is 1320 g/mol. The van der Waals surface area contributed by atoms with Crippen molar-refractivity contribution in [2.75, 3.05) is 199 Å². The smallest absolute Gasteiger partial charge is 0.246 e. The van der Waals surface area contributed by atoms with E-state index in [4.69, 9.17) is 61.4 Å². The van der Waals surface area contributed by atoms with Gasteiger partial charge in [0.1, 0.15) is 39.5 Å². The van der Waals surface area contributed by atoms with Gasteiger partial charge in [0.25, 0.3) is 0 Å². The third kappa shape index (κ3) is 57.1. The first-order valence-electron chi connectivity index (χ1n) is 32.6. The van der Waals surface area contributed by atoms with Crippen LogP contribution in [0.3, 0.4) is 0 Å². The van der Waals surface area contributed by atoms with Crippen molar-refractivity contribution in [1.82, 2.24) is 31.9 Å². The standard InChI is InChI=1S/C61H119N6O22P/c1-52(2)90(75,76)89-48-53(47-68)21-14-18-25-62-56(69)24-13-11-9-7-6-8-10-12-17-28-65-60(73)54(22-15-19-26-63-57(70)49-86-44-41-83-38-35-80-32-29-77-3)67-61(74)55(66-59(72)51-88-46-43-85-40-37-82-34-31-79-5)23-16-20-27-64-58(71)50-87-45-42-84-39-36-81-33-30-78-4/h52-55,68H,6-51H2,1-5H3,(H,62,69)(H,63,70)(H,64,71)(H,65,73)(H,66,72)(H,67,74)(H,75,76)/p-1. The van der Waals surface area contributed by atoms with Gasteiger partial charge in [-0.15, -0.1) is 0 Å². The van der Waals surface area contributed by atoms with Gasteiger partial charge in [0.15, 0.2) is 0 Å². The lowest BCUT2D eigenvalue weighted by Crippen LogP contribution is -2.54. The summed E-state index contributed by atoms with van der Waals surface area (Å²) in [5.74, 6) is -2.33. The van der Waals surface area contributed by atoms with Crippen molar-refractivity contribution < 1.29 is 105 Å². The van der Waals surface area contributed by atoms with Crippen LogP contribution >= 0.6 is 7.60 Å². The van der Waals surface area contributed by atoms with Crippen LogP contribution < -0.4 is 36.8 Å². The number of unbranched alkanes of at least 4 members (excludes halogenated alkanes) is 11. The fourth-order valence-electron chi connectivity index (χ4n) is 8.23. The summed E-state index contributed by atoms with van der Waals surface area (Å²) in [4.78, 5) is 90.3. The molecule has 28 nitrogen and oxygen atoms in total. The van der Waals surface area contributed by atoms with Gasteiger partial charge in [-0.3, -0.25) is 28.8 Å². The second-order valence-corrected chi connectivity index (χ2v) is 24.1. The number of aliphatic hydroxyl groups excluding tert-OH is 1. The normalized spacial score (nSPS) is 13.2. The van der Waals surface area contributed by atoms with Crippen LogP contribution in [0.4, 0.5) is 0 Å². The molecule has 0 saturated heterocycles. The van der Waals surface area contributed by atoms with E-state index in [0.29, 0.717) is 157 Å². The maximum absolute atomic E-state index is 14.1. The Morgan fingerprint density at radius 1 is 0.389 bits per heavy atom. The number of methoxy groups -OCH3 is 3. The molecule has 530 valence electrons. The Hall–Kier alpha value is -3.55. The molecule has 0 aromatic carbocycles. The van der Waals surface area contributed by atoms with Crippen molar-refractivity contribution in [1.29, 1.82) is 0 Å². The first-order valence-corrected chi connectivity index (χ1v) is 34.2. The number of amides is 6. The largest absolute Gasteiger partial charge is 0.778 e. The Balaban J connectivity index is 5.27. The lowest BCUT2D eigenvalue weighted by atomic mass is 10.0. The molecule has 0 aromatic heterocycles. The second-order valence-electron chi connectivity index (χ2n) is 21.7. The van der Waals surface area contributed by atoms with E-state index in [2.05, 4.69) is 31.9 Å². The summed E-state index contributed by atoms with van der Waals surface area (Å²) in [6.45, 7) is 10.4. The zero-order valence-electron chi connectivity index (χ0n) is 55.3. The highest BCUT2D eigenvalue weighted by molar-refractivity contribution is 7.52. The third-order valence-electron chi connectivity index (χ3n) is 13.6. The fraction of sp³-hybridized carbons (Fsp3) is 0.902. The minimum absolute atomic E-state index is 0.00893. The zero-order valence-corrected chi connectivity index (χ0v) is 56.2. The molecule has 6 amide bonds. The van der Waals surface area contributed by atoms with Gasteiger partial charge in [0.05, 0.1) is 126 Å². The molecular weight excluding hydrogens is 1200 g/mol. The van der Waals surface area contributed by atoms with Gasteiger partial charge >= 0.3 is 0 Å². The van der Waals surface area contributed by atoms with Crippen molar-refractivity contribution in [3.8, 4) is 0 Å².